The van der Waals surface area contributed by atoms with Gasteiger partial charge < -0.3 is 19.1 Å². The van der Waals surface area contributed by atoms with Crippen molar-refractivity contribution >= 4 is 41.0 Å². The molecule has 3 amide bonds. The van der Waals surface area contributed by atoms with Crippen LogP contribution in [0.4, 0.5) is 4.79 Å². The number of nitrogens with zero attached hydrogens (tertiary/aromatic N) is 6. The molecule has 0 unspecified atom stereocenters. The van der Waals surface area contributed by atoms with Gasteiger partial charge in [0.05, 0.1) is 35.5 Å². The molecule has 1 aromatic heterocycles. The van der Waals surface area contributed by atoms with E-state index in [4.69, 9.17) is 37.5 Å². The minimum atomic E-state index is -0.553. The summed E-state index contributed by atoms with van der Waals surface area (Å²) in [6.45, 7) is 6.96. The van der Waals surface area contributed by atoms with Crippen LogP contribution >= 0.6 is 23.2 Å². The number of carbonyl (C=O) groups excluding carboxylic acids is 2. The highest BCUT2D eigenvalue weighted by Gasteiger charge is 2.45. The lowest BCUT2D eigenvalue weighted by molar-refractivity contribution is 0.0644. The van der Waals surface area contributed by atoms with E-state index < -0.39 is 12.1 Å². The Balaban J connectivity index is 1.41. The molecule has 3 heterocycles. The lowest BCUT2D eigenvalue weighted by Gasteiger charge is -2.39. The monoisotopic (exact) mass is 670 g/mol. The van der Waals surface area contributed by atoms with Crippen LogP contribution in [-0.4, -0.2) is 70.4 Å². The number of hydrogen-bond acceptors (Lipinski definition) is 7. The average Bonchev–Trinajstić information content (AvgIpc) is 3.64. The Morgan fingerprint density at radius 2 is 1.55 bits per heavy atom. The first-order valence-electron chi connectivity index (χ1n) is 15.3. The number of hydrogen-bond donors (Lipinski definition) is 0. The Hall–Kier alpha value is -4.85. The van der Waals surface area contributed by atoms with Gasteiger partial charge in [-0.25, -0.2) is 4.79 Å². The smallest absolute Gasteiger partial charge is 0.326 e. The third-order valence-corrected chi connectivity index (χ3v) is 8.94. The largest absolute Gasteiger partial charge is 0.493 e. The SMILES string of the molecule is CCOc1cc(C#N)ccc1C1=N[C@@H](c2ccc(Cl)cc2)[C@@H](c2ccc(Cl)cc2)N1C(=O)N1CCN(C(=O)c2c(C)noc2C)CC1. The number of piperazine rings is 1. The molecule has 240 valence electrons. The number of carbonyl (C=O) groups is 2. The summed E-state index contributed by atoms with van der Waals surface area (Å²) in [4.78, 5) is 38.5. The summed E-state index contributed by atoms with van der Waals surface area (Å²) >= 11 is 12.6. The molecule has 4 aromatic rings. The van der Waals surface area contributed by atoms with Gasteiger partial charge in [-0.15, -0.1) is 0 Å². The summed E-state index contributed by atoms with van der Waals surface area (Å²) in [6, 6.07) is 20.8. The number of benzene rings is 3. The maximum absolute atomic E-state index is 14.8. The highest BCUT2D eigenvalue weighted by Crippen LogP contribution is 2.45. The molecule has 0 N–H and O–H groups in total. The molecule has 0 bridgehead atoms. The molecular weight excluding hydrogens is 639 g/mol. The number of aromatic nitrogens is 1. The number of halogens is 2. The fourth-order valence-corrected chi connectivity index (χ4v) is 6.36. The Bertz CT molecular complexity index is 1860. The van der Waals surface area contributed by atoms with Crippen LogP contribution in [-0.2, 0) is 0 Å². The molecular formula is C35H32Cl2N6O4. The molecule has 1 saturated heterocycles. The highest BCUT2D eigenvalue weighted by atomic mass is 35.5. The third kappa shape index (κ3) is 6.29. The van der Waals surface area contributed by atoms with Crippen molar-refractivity contribution in [1.29, 1.82) is 5.26 Å². The van der Waals surface area contributed by atoms with Crippen LogP contribution in [0.15, 0.2) is 76.2 Å². The first-order chi connectivity index (χ1) is 22.7. The summed E-state index contributed by atoms with van der Waals surface area (Å²) in [6.07, 6.45) is 0. The van der Waals surface area contributed by atoms with Crippen LogP contribution in [0, 0.1) is 25.2 Å². The highest BCUT2D eigenvalue weighted by molar-refractivity contribution is 6.30. The second-order valence-electron chi connectivity index (χ2n) is 11.3. The number of aliphatic imine (C=N–C) groups is 1. The van der Waals surface area contributed by atoms with Crippen LogP contribution in [0.5, 0.6) is 5.75 Å². The zero-order valence-electron chi connectivity index (χ0n) is 26.1. The lowest BCUT2D eigenvalue weighted by Crippen LogP contribution is -2.55. The van der Waals surface area contributed by atoms with Gasteiger partial charge in [0.25, 0.3) is 5.91 Å². The fraction of sp³-hybridized carbons (Fsp3) is 0.286. The lowest BCUT2D eigenvalue weighted by atomic mass is 9.93. The standard InChI is InChI=1S/C35H32Cl2N6O4/c1-4-46-29-19-23(20-38)5-14-28(29)33-39-31(24-6-10-26(36)11-7-24)32(25-8-12-27(37)13-9-25)43(33)35(45)42-17-15-41(16-18-42)34(44)30-21(2)40-47-22(30)3/h5-14,19,31-32H,4,15-18H2,1-3H3/t31-,32+/m0/s1. The first kappa shape index (κ1) is 32.1. The predicted molar refractivity (Wildman–Crippen MR) is 178 cm³/mol. The van der Waals surface area contributed by atoms with Crippen LogP contribution < -0.4 is 4.74 Å². The first-order valence-corrected chi connectivity index (χ1v) is 16.0. The number of rotatable bonds is 6. The number of ether oxygens (including phenoxy) is 1. The van der Waals surface area contributed by atoms with Gasteiger partial charge in [0.1, 0.15) is 29.0 Å². The Morgan fingerprint density at radius 1 is 0.936 bits per heavy atom. The number of nitriles is 1. The van der Waals surface area contributed by atoms with E-state index in [0.29, 0.717) is 82.6 Å². The molecule has 12 heteroatoms. The molecule has 1 fully saturated rings. The molecule has 2 aliphatic rings. The zero-order chi connectivity index (χ0) is 33.2. The molecule has 0 saturated carbocycles. The molecule has 0 spiro atoms. The summed E-state index contributed by atoms with van der Waals surface area (Å²) in [7, 11) is 0. The third-order valence-electron chi connectivity index (χ3n) is 8.43. The second kappa shape index (κ2) is 13.5. The van der Waals surface area contributed by atoms with E-state index in [1.54, 1.807) is 71.0 Å². The van der Waals surface area contributed by atoms with Crippen molar-refractivity contribution in [3.63, 3.8) is 0 Å². The van der Waals surface area contributed by atoms with Gasteiger partial charge in [-0.1, -0.05) is 52.6 Å². The number of amidine groups is 1. The number of aryl methyl sites for hydroxylation is 2. The molecule has 10 nitrogen and oxygen atoms in total. The van der Waals surface area contributed by atoms with E-state index in [1.165, 1.54) is 0 Å². The molecule has 6 rings (SSSR count). The Morgan fingerprint density at radius 3 is 2.13 bits per heavy atom. The fourth-order valence-electron chi connectivity index (χ4n) is 6.11. The van der Waals surface area contributed by atoms with Crippen LogP contribution in [0.25, 0.3) is 0 Å². The molecule has 0 radical (unpaired) electrons. The molecule has 47 heavy (non-hydrogen) atoms. The van der Waals surface area contributed by atoms with Crippen LogP contribution in [0.3, 0.4) is 0 Å². The maximum atomic E-state index is 14.8. The second-order valence-corrected chi connectivity index (χ2v) is 12.2. The summed E-state index contributed by atoms with van der Waals surface area (Å²) in [5.41, 5.74) is 3.70. The van der Waals surface area contributed by atoms with E-state index in [0.717, 1.165) is 11.1 Å². The van der Waals surface area contributed by atoms with E-state index in [-0.39, 0.29) is 11.9 Å². The van der Waals surface area contributed by atoms with Gasteiger partial charge in [0, 0.05) is 36.2 Å². The van der Waals surface area contributed by atoms with E-state index in [1.807, 2.05) is 31.2 Å². The average molecular weight is 672 g/mol. The van der Waals surface area contributed by atoms with Crippen LogP contribution in [0.1, 0.15) is 63.1 Å². The van der Waals surface area contributed by atoms with Gasteiger partial charge in [-0.3, -0.25) is 14.7 Å². The van der Waals surface area contributed by atoms with Crippen LogP contribution in [0.2, 0.25) is 10.0 Å². The molecule has 3 aromatic carbocycles. The topological polar surface area (TPSA) is 115 Å². The maximum Gasteiger partial charge on any atom is 0.326 e. The van der Waals surface area contributed by atoms with Crippen molar-refractivity contribution in [2.24, 2.45) is 4.99 Å². The van der Waals surface area contributed by atoms with Crippen molar-refractivity contribution in [2.75, 3.05) is 32.8 Å². The van der Waals surface area contributed by atoms with Gasteiger partial charge in [-0.2, -0.15) is 5.26 Å². The van der Waals surface area contributed by atoms with E-state index in [9.17, 15) is 14.9 Å². The predicted octanol–water partition coefficient (Wildman–Crippen LogP) is 6.99. The summed E-state index contributed by atoms with van der Waals surface area (Å²) in [5, 5.41) is 14.7. The van der Waals surface area contributed by atoms with Gasteiger partial charge in [-0.05, 0) is 74.4 Å². The van der Waals surface area contributed by atoms with Crippen molar-refractivity contribution < 1.29 is 18.8 Å². The minimum absolute atomic E-state index is 0.169. The van der Waals surface area contributed by atoms with E-state index >= 15 is 0 Å². The van der Waals surface area contributed by atoms with E-state index in [2.05, 4.69) is 11.2 Å². The summed E-state index contributed by atoms with van der Waals surface area (Å²) in [5.74, 6) is 1.16. The zero-order valence-corrected chi connectivity index (χ0v) is 27.6. The molecule has 2 aliphatic heterocycles. The minimum Gasteiger partial charge on any atom is -0.493 e. The van der Waals surface area contributed by atoms with Crippen molar-refractivity contribution in [2.45, 2.75) is 32.9 Å². The number of amides is 3. The van der Waals surface area contributed by atoms with Gasteiger partial charge in [0.15, 0.2) is 0 Å². The molecule has 2 atom stereocenters. The van der Waals surface area contributed by atoms with Gasteiger partial charge >= 0.3 is 6.03 Å². The summed E-state index contributed by atoms with van der Waals surface area (Å²) < 4.78 is 11.2. The van der Waals surface area contributed by atoms with Gasteiger partial charge in [0.2, 0.25) is 0 Å². The number of urea groups is 1. The Labute approximate surface area is 282 Å². The van der Waals surface area contributed by atoms with Crippen molar-refractivity contribution in [3.8, 4) is 11.8 Å². The van der Waals surface area contributed by atoms with Crippen molar-refractivity contribution in [1.82, 2.24) is 19.9 Å². The Kier molecular flexibility index (Phi) is 9.21. The quantitative estimate of drug-likeness (QED) is 0.218. The van der Waals surface area contributed by atoms with Crippen molar-refractivity contribution in [3.05, 3.63) is 116 Å². The normalized spacial score (nSPS) is 17.8. The molecule has 0 aliphatic carbocycles.